The Bertz CT molecular complexity index is 1160. The van der Waals surface area contributed by atoms with Gasteiger partial charge in [-0.15, -0.1) is 0 Å². The van der Waals surface area contributed by atoms with E-state index >= 15 is 0 Å². The second-order valence-electron chi connectivity index (χ2n) is 5.63. The molecule has 1 N–H and O–H groups in total. The number of esters is 1. The number of carboxylic acid groups (broad SMARTS) is 1. The standard InChI is InChI=1S/C9H9ClO4S.C8H7ClO4S/c1-14-9(11)6-3-4-7(10)8(5-6)15(2,12)13;1-14(12,13)7-4-5(8(10)11)2-3-6(7)9/h3-5H,1-2H3;2-4H,1H3,(H,10,11). The summed E-state index contributed by atoms with van der Waals surface area (Å²) >= 11 is 11.3. The molecule has 0 aliphatic rings. The van der Waals surface area contributed by atoms with Crippen LogP contribution in [0.1, 0.15) is 20.7 Å². The lowest BCUT2D eigenvalue weighted by Crippen LogP contribution is -2.04. The van der Waals surface area contributed by atoms with E-state index in [9.17, 15) is 26.4 Å². The van der Waals surface area contributed by atoms with Crippen molar-refractivity contribution in [2.75, 3.05) is 19.6 Å². The molecule has 0 saturated heterocycles. The number of ether oxygens (including phenoxy) is 1. The number of aromatic carboxylic acids is 1. The van der Waals surface area contributed by atoms with E-state index in [0.29, 0.717) is 0 Å². The van der Waals surface area contributed by atoms with Crippen molar-refractivity contribution >= 4 is 54.8 Å². The molecule has 0 saturated carbocycles. The maximum absolute atomic E-state index is 11.3. The molecule has 0 aliphatic carbocycles. The third-order valence-corrected chi connectivity index (χ3v) is 6.49. The molecule has 0 aliphatic heterocycles. The third-order valence-electron chi connectivity index (χ3n) is 3.33. The van der Waals surface area contributed by atoms with Crippen LogP contribution in [-0.2, 0) is 24.4 Å². The van der Waals surface area contributed by atoms with Crippen LogP contribution in [0, 0.1) is 0 Å². The van der Waals surface area contributed by atoms with Crippen molar-refractivity contribution in [1.29, 1.82) is 0 Å². The van der Waals surface area contributed by atoms with Gasteiger partial charge in [0.15, 0.2) is 19.7 Å². The molecule has 0 heterocycles. The van der Waals surface area contributed by atoms with Crippen molar-refractivity contribution in [3.8, 4) is 0 Å². The molecule has 12 heteroatoms. The average Bonchev–Trinajstić information content (AvgIpc) is 2.60. The van der Waals surface area contributed by atoms with E-state index in [0.717, 1.165) is 18.6 Å². The van der Waals surface area contributed by atoms with Crippen LogP contribution in [0.25, 0.3) is 0 Å². The monoisotopic (exact) mass is 482 g/mol. The SMILES string of the molecule is COC(=O)c1ccc(Cl)c(S(C)(=O)=O)c1.CS(=O)(=O)c1cc(C(=O)O)ccc1Cl. The molecule has 2 rings (SSSR count). The molecule has 0 aromatic heterocycles. The summed E-state index contributed by atoms with van der Waals surface area (Å²) in [5, 5.41) is 8.74. The number of carbonyl (C=O) groups is 2. The van der Waals surface area contributed by atoms with Gasteiger partial charge in [-0.25, -0.2) is 26.4 Å². The van der Waals surface area contributed by atoms with Crippen LogP contribution in [0.15, 0.2) is 46.2 Å². The molecular formula is C17H16Cl2O8S2. The molecule has 0 spiro atoms. The maximum Gasteiger partial charge on any atom is 0.337 e. The quantitative estimate of drug-likeness (QED) is 0.657. The van der Waals surface area contributed by atoms with Crippen LogP contribution in [0.2, 0.25) is 10.0 Å². The van der Waals surface area contributed by atoms with Gasteiger partial charge in [0.05, 0.1) is 38.1 Å². The molecule has 2 aromatic rings. The number of halogens is 2. The highest BCUT2D eigenvalue weighted by Crippen LogP contribution is 2.23. The Morgan fingerprint density at radius 1 is 0.828 bits per heavy atom. The fourth-order valence-corrected chi connectivity index (χ4v) is 4.56. The molecule has 158 valence electrons. The van der Waals surface area contributed by atoms with Gasteiger partial charge < -0.3 is 9.84 Å². The van der Waals surface area contributed by atoms with Gasteiger partial charge in [0, 0.05) is 12.5 Å². The fraction of sp³-hybridized carbons (Fsp3) is 0.176. The summed E-state index contributed by atoms with van der Waals surface area (Å²) in [6.07, 6.45) is 2.00. The summed E-state index contributed by atoms with van der Waals surface area (Å²) < 4.78 is 49.3. The van der Waals surface area contributed by atoms with Crippen molar-refractivity contribution in [1.82, 2.24) is 0 Å². The molecule has 0 amide bonds. The molecule has 29 heavy (non-hydrogen) atoms. The lowest BCUT2D eigenvalue weighted by Gasteiger charge is -2.04. The Balaban J connectivity index is 0.000000291. The van der Waals surface area contributed by atoms with Gasteiger partial charge in [-0.1, -0.05) is 23.2 Å². The minimum absolute atomic E-state index is 0.0255. The number of carboxylic acids is 1. The van der Waals surface area contributed by atoms with Gasteiger partial charge in [-0.2, -0.15) is 0 Å². The highest BCUT2D eigenvalue weighted by atomic mass is 35.5. The first-order valence-electron chi connectivity index (χ1n) is 7.49. The Morgan fingerprint density at radius 3 is 1.55 bits per heavy atom. The van der Waals surface area contributed by atoms with E-state index < -0.39 is 31.6 Å². The Kier molecular flexibility index (Phi) is 8.22. The lowest BCUT2D eigenvalue weighted by atomic mass is 10.2. The van der Waals surface area contributed by atoms with Crippen LogP contribution in [0.5, 0.6) is 0 Å². The summed E-state index contributed by atoms with van der Waals surface area (Å²) in [6, 6.07) is 7.50. The largest absolute Gasteiger partial charge is 0.478 e. The van der Waals surface area contributed by atoms with E-state index in [1.54, 1.807) is 0 Å². The fourth-order valence-electron chi connectivity index (χ4n) is 1.95. The second-order valence-corrected chi connectivity index (χ2v) is 10.4. The number of carbonyl (C=O) groups excluding carboxylic acids is 1. The van der Waals surface area contributed by atoms with Crippen molar-refractivity contribution in [3.63, 3.8) is 0 Å². The zero-order chi connectivity index (χ0) is 22.6. The van der Waals surface area contributed by atoms with E-state index in [1.807, 2.05) is 0 Å². The average molecular weight is 483 g/mol. The third kappa shape index (κ3) is 7.00. The second kappa shape index (κ2) is 9.57. The van der Waals surface area contributed by atoms with Crippen molar-refractivity contribution < 1.29 is 36.3 Å². The number of benzene rings is 2. The first-order valence-corrected chi connectivity index (χ1v) is 12.0. The molecule has 0 unspecified atom stereocenters. The van der Waals surface area contributed by atoms with Gasteiger partial charge in [0.2, 0.25) is 0 Å². The number of methoxy groups -OCH3 is 1. The zero-order valence-electron chi connectivity index (χ0n) is 15.3. The molecule has 0 fully saturated rings. The first kappa shape index (κ1) is 24.9. The Morgan fingerprint density at radius 2 is 1.21 bits per heavy atom. The van der Waals surface area contributed by atoms with E-state index in [2.05, 4.69) is 4.74 Å². The number of hydrogen-bond donors (Lipinski definition) is 1. The van der Waals surface area contributed by atoms with Gasteiger partial charge in [0.1, 0.15) is 0 Å². The lowest BCUT2D eigenvalue weighted by molar-refractivity contribution is 0.0599. The van der Waals surface area contributed by atoms with Crippen molar-refractivity contribution in [2.45, 2.75) is 9.79 Å². The number of rotatable bonds is 4. The molecular weight excluding hydrogens is 467 g/mol. The molecule has 0 radical (unpaired) electrons. The van der Waals surface area contributed by atoms with E-state index in [4.69, 9.17) is 28.3 Å². The molecule has 2 aromatic carbocycles. The molecule has 8 nitrogen and oxygen atoms in total. The highest BCUT2D eigenvalue weighted by Gasteiger charge is 2.16. The van der Waals surface area contributed by atoms with Crippen LogP contribution in [0.4, 0.5) is 0 Å². The van der Waals surface area contributed by atoms with Gasteiger partial charge >= 0.3 is 11.9 Å². The van der Waals surface area contributed by atoms with E-state index in [1.165, 1.54) is 37.4 Å². The number of hydrogen-bond acceptors (Lipinski definition) is 7. The van der Waals surface area contributed by atoms with Crippen LogP contribution >= 0.6 is 23.2 Å². The maximum atomic E-state index is 11.3. The smallest absolute Gasteiger partial charge is 0.337 e. The molecule has 0 bridgehead atoms. The number of sulfone groups is 2. The molecule has 0 atom stereocenters. The summed E-state index contributed by atoms with van der Waals surface area (Å²) in [6.45, 7) is 0. The van der Waals surface area contributed by atoms with Crippen molar-refractivity contribution in [2.24, 2.45) is 0 Å². The Labute approximate surface area is 177 Å². The van der Waals surface area contributed by atoms with Gasteiger partial charge in [-0.3, -0.25) is 0 Å². The summed E-state index contributed by atoms with van der Waals surface area (Å²) in [5.41, 5.74) is 0.0529. The summed E-state index contributed by atoms with van der Waals surface area (Å²) in [4.78, 5) is 21.5. The summed E-state index contributed by atoms with van der Waals surface area (Å²) in [7, 11) is -5.70. The topological polar surface area (TPSA) is 132 Å². The first-order chi connectivity index (χ1) is 13.2. The van der Waals surface area contributed by atoms with Crippen LogP contribution in [0.3, 0.4) is 0 Å². The predicted molar refractivity (Wildman–Crippen MR) is 107 cm³/mol. The normalized spacial score (nSPS) is 11.2. The minimum Gasteiger partial charge on any atom is -0.478 e. The van der Waals surface area contributed by atoms with Crippen LogP contribution < -0.4 is 0 Å². The Hall–Kier alpha value is -2.14. The van der Waals surface area contributed by atoms with Crippen molar-refractivity contribution in [3.05, 3.63) is 57.6 Å². The minimum atomic E-state index is -3.48. The van der Waals surface area contributed by atoms with Gasteiger partial charge in [0.25, 0.3) is 0 Å². The zero-order valence-corrected chi connectivity index (χ0v) is 18.5. The van der Waals surface area contributed by atoms with Crippen LogP contribution in [-0.4, -0.2) is 53.5 Å². The highest BCUT2D eigenvalue weighted by molar-refractivity contribution is 7.91. The predicted octanol–water partition coefficient (Wildman–Crippen LogP) is 2.97. The van der Waals surface area contributed by atoms with E-state index in [-0.39, 0.29) is 31.0 Å². The van der Waals surface area contributed by atoms with Gasteiger partial charge in [-0.05, 0) is 36.4 Å². The summed E-state index contributed by atoms with van der Waals surface area (Å²) in [5.74, 6) is -1.79.